The molecule has 1 aliphatic carbocycles. The van der Waals surface area contributed by atoms with Gasteiger partial charge in [0.15, 0.2) is 0 Å². The van der Waals surface area contributed by atoms with E-state index in [0.29, 0.717) is 5.92 Å². The van der Waals surface area contributed by atoms with Crippen LogP contribution >= 0.6 is 0 Å². The van der Waals surface area contributed by atoms with Gasteiger partial charge in [-0.1, -0.05) is 6.92 Å². The summed E-state index contributed by atoms with van der Waals surface area (Å²) in [6.45, 7) is 3.69. The topological polar surface area (TPSA) is 34.4 Å². The van der Waals surface area contributed by atoms with Crippen LogP contribution in [0.5, 0.6) is 5.75 Å². The van der Waals surface area contributed by atoms with Crippen molar-refractivity contribution in [3.8, 4) is 5.75 Å². The van der Waals surface area contributed by atoms with Crippen molar-refractivity contribution >= 4 is 11.0 Å². The Balaban J connectivity index is 2.01. The van der Waals surface area contributed by atoms with Crippen LogP contribution in [0.1, 0.15) is 43.4 Å². The summed E-state index contributed by atoms with van der Waals surface area (Å²) < 4.78 is 11.7. The van der Waals surface area contributed by atoms with Gasteiger partial charge in [-0.3, -0.25) is 0 Å². The molecule has 3 rings (SSSR count). The molecule has 1 aliphatic rings. The molecule has 1 saturated carbocycles. The molecule has 1 fully saturated rings. The van der Waals surface area contributed by atoms with Crippen LogP contribution in [-0.2, 0) is 6.54 Å². The molecule has 0 aliphatic heterocycles. The van der Waals surface area contributed by atoms with Gasteiger partial charge in [-0.25, -0.2) is 0 Å². The lowest BCUT2D eigenvalue weighted by atomic mass is 10.1. The van der Waals surface area contributed by atoms with Crippen molar-refractivity contribution in [1.82, 2.24) is 5.32 Å². The van der Waals surface area contributed by atoms with E-state index in [1.54, 1.807) is 0 Å². The average molecular weight is 259 g/mol. The summed E-state index contributed by atoms with van der Waals surface area (Å²) in [6, 6.07) is 6.17. The molecule has 0 bridgehead atoms. The Morgan fingerprint density at radius 1 is 1.37 bits per heavy atom. The number of rotatable bonds is 6. The highest BCUT2D eigenvalue weighted by Gasteiger charge is 2.30. The van der Waals surface area contributed by atoms with Crippen LogP contribution in [0.25, 0.3) is 11.0 Å². The lowest BCUT2D eigenvalue weighted by Crippen LogP contribution is -2.05. The molecule has 1 aromatic heterocycles. The van der Waals surface area contributed by atoms with E-state index in [0.717, 1.165) is 36.7 Å². The molecule has 19 heavy (non-hydrogen) atoms. The molecule has 3 nitrogen and oxygen atoms in total. The Morgan fingerprint density at radius 3 is 2.89 bits per heavy atom. The third kappa shape index (κ3) is 2.47. The Hall–Kier alpha value is -1.48. The number of benzene rings is 1. The van der Waals surface area contributed by atoms with Gasteiger partial charge in [0.25, 0.3) is 0 Å². The minimum Gasteiger partial charge on any atom is -0.494 e. The highest BCUT2D eigenvalue weighted by molar-refractivity contribution is 5.84. The first kappa shape index (κ1) is 12.5. The molecule has 2 aromatic rings. The summed E-state index contributed by atoms with van der Waals surface area (Å²) in [5.41, 5.74) is 2.38. The zero-order chi connectivity index (χ0) is 13.2. The highest BCUT2D eigenvalue weighted by Crippen LogP contribution is 2.46. The van der Waals surface area contributed by atoms with Gasteiger partial charge in [0.05, 0.1) is 13.2 Å². The first-order valence-corrected chi connectivity index (χ1v) is 7.16. The molecular weight excluding hydrogens is 238 g/mol. The smallest absolute Gasteiger partial charge is 0.134 e. The fourth-order valence-electron chi connectivity index (χ4n) is 2.57. The van der Waals surface area contributed by atoms with Crippen LogP contribution < -0.4 is 10.1 Å². The molecule has 102 valence electrons. The van der Waals surface area contributed by atoms with Crippen LogP contribution in [-0.4, -0.2) is 13.7 Å². The number of nitrogens with one attached hydrogen (secondary N) is 1. The van der Waals surface area contributed by atoms with Gasteiger partial charge in [-0.15, -0.1) is 0 Å². The van der Waals surface area contributed by atoms with Gasteiger partial charge < -0.3 is 14.5 Å². The third-order valence-corrected chi connectivity index (χ3v) is 3.57. The van der Waals surface area contributed by atoms with Crippen molar-refractivity contribution in [2.24, 2.45) is 0 Å². The summed E-state index contributed by atoms with van der Waals surface area (Å²) in [5.74, 6) is 2.73. The molecule has 3 heteroatoms. The van der Waals surface area contributed by atoms with Gasteiger partial charge in [0.2, 0.25) is 0 Å². The van der Waals surface area contributed by atoms with Crippen LogP contribution in [0.2, 0.25) is 0 Å². The minimum absolute atomic E-state index is 0.686. The maximum Gasteiger partial charge on any atom is 0.134 e. The molecule has 1 aromatic carbocycles. The normalized spacial score (nSPS) is 15.1. The molecule has 1 N–H and O–H groups in total. The summed E-state index contributed by atoms with van der Waals surface area (Å²) in [7, 11) is 1.96. The second kappa shape index (κ2) is 5.25. The minimum atomic E-state index is 0.686. The summed E-state index contributed by atoms with van der Waals surface area (Å²) >= 11 is 0. The summed E-state index contributed by atoms with van der Waals surface area (Å²) in [4.78, 5) is 0. The number of ether oxygens (including phenoxy) is 1. The quantitative estimate of drug-likeness (QED) is 0.856. The Bertz CT molecular complexity index is 569. The van der Waals surface area contributed by atoms with Gasteiger partial charge in [0, 0.05) is 10.9 Å². The molecule has 0 radical (unpaired) electrons. The largest absolute Gasteiger partial charge is 0.494 e. The number of furan rings is 1. The first-order chi connectivity index (χ1) is 9.33. The maximum absolute atomic E-state index is 5.98. The molecule has 0 amide bonds. The van der Waals surface area contributed by atoms with Crippen molar-refractivity contribution in [3.63, 3.8) is 0 Å². The number of hydrogen-bond acceptors (Lipinski definition) is 3. The number of fused-ring (bicyclic) bond motifs is 1. The first-order valence-electron chi connectivity index (χ1n) is 7.16. The van der Waals surface area contributed by atoms with Gasteiger partial charge in [-0.2, -0.15) is 0 Å². The van der Waals surface area contributed by atoms with Crippen molar-refractivity contribution in [2.45, 2.75) is 38.6 Å². The van der Waals surface area contributed by atoms with Crippen molar-refractivity contribution in [2.75, 3.05) is 13.7 Å². The van der Waals surface area contributed by atoms with Gasteiger partial charge >= 0.3 is 0 Å². The standard InChI is InChI=1S/C16H21NO2/c1-3-8-18-12-6-7-14-13(9-12)16(11-4-5-11)15(19-14)10-17-2/h6-7,9,11,17H,3-5,8,10H2,1-2H3. The van der Waals surface area contributed by atoms with Crippen molar-refractivity contribution in [1.29, 1.82) is 0 Å². The van der Waals surface area contributed by atoms with E-state index in [1.165, 1.54) is 23.8 Å². The Morgan fingerprint density at radius 2 is 2.21 bits per heavy atom. The Labute approximate surface area is 113 Å². The van der Waals surface area contributed by atoms with E-state index in [1.807, 2.05) is 19.2 Å². The number of hydrogen-bond donors (Lipinski definition) is 1. The maximum atomic E-state index is 5.98. The fourth-order valence-corrected chi connectivity index (χ4v) is 2.57. The lowest BCUT2D eigenvalue weighted by Gasteiger charge is -2.04. The van der Waals surface area contributed by atoms with Crippen molar-refractivity contribution in [3.05, 3.63) is 29.5 Å². The van der Waals surface area contributed by atoms with E-state index in [4.69, 9.17) is 9.15 Å². The van der Waals surface area contributed by atoms with Gasteiger partial charge in [-0.05, 0) is 50.4 Å². The summed E-state index contributed by atoms with van der Waals surface area (Å²) in [5, 5.41) is 4.43. The zero-order valence-electron chi connectivity index (χ0n) is 11.7. The van der Waals surface area contributed by atoms with E-state index < -0.39 is 0 Å². The average Bonchev–Trinajstić information content (AvgIpc) is 3.18. The predicted molar refractivity (Wildman–Crippen MR) is 76.7 cm³/mol. The molecule has 1 heterocycles. The lowest BCUT2D eigenvalue weighted by molar-refractivity contribution is 0.318. The highest BCUT2D eigenvalue weighted by atomic mass is 16.5. The van der Waals surface area contributed by atoms with Crippen LogP contribution in [0, 0.1) is 0 Å². The van der Waals surface area contributed by atoms with E-state index in [9.17, 15) is 0 Å². The van der Waals surface area contributed by atoms with E-state index in [2.05, 4.69) is 18.3 Å². The second-order valence-corrected chi connectivity index (χ2v) is 5.25. The van der Waals surface area contributed by atoms with Crippen LogP contribution in [0.3, 0.4) is 0 Å². The van der Waals surface area contributed by atoms with E-state index in [-0.39, 0.29) is 0 Å². The monoisotopic (exact) mass is 259 g/mol. The predicted octanol–water partition coefficient (Wildman–Crippen LogP) is 3.82. The third-order valence-electron chi connectivity index (χ3n) is 3.57. The fraction of sp³-hybridized carbons (Fsp3) is 0.500. The molecule has 0 atom stereocenters. The molecule has 0 spiro atoms. The Kier molecular flexibility index (Phi) is 3.47. The molecule has 0 unspecified atom stereocenters. The van der Waals surface area contributed by atoms with Crippen molar-refractivity contribution < 1.29 is 9.15 Å². The summed E-state index contributed by atoms with van der Waals surface area (Å²) in [6.07, 6.45) is 3.60. The molecular formula is C16H21NO2. The zero-order valence-corrected chi connectivity index (χ0v) is 11.7. The van der Waals surface area contributed by atoms with E-state index >= 15 is 0 Å². The molecule has 0 saturated heterocycles. The van der Waals surface area contributed by atoms with Gasteiger partial charge in [0.1, 0.15) is 17.1 Å². The van der Waals surface area contributed by atoms with Crippen LogP contribution in [0.4, 0.5) is 0 Å². The van der Waals surface area contributed by atoms with Crippen LogP contribution in [0.15, 0.2) is 22.6 Å². The SMILES string of the molecule is CCCOc1ccc2oc(CNC)c(C3CC3)c2c1. The second-order valence-electron chi connectivity index (χ2n) is 5.25.